The van der Waals surface area contributed by atoms with Crippen molar-refractivity contribution in [2.75, 3.05) is 0 Å². The van der Waals surface area contributed by atoms with Crippen LogP contribution in [-0.2, 0) is 0 Å². The summed E-state index contributed by atoms with van der Waals surface area (Å²) in [6.07, 6.45) is 12.5. The molecule has 8 N–H and O–H groups in total. The van der Waals surface area contributed by atoms with Crippen molar-refractivity contribution in [3.05, 3.63) is 0 Å². The molecule has 21 heavy (non-hydrogen) atoms. The minimum Gasteiger partial charge on any atom is -1.00 e. The number of quaternary nitrogens is 2. The fraction of sp³-hybridized carbons (Fsp3) is 1.00. The van der Waals surface area contributed by atoms with E-state index in [1.807, 2.05) is 0 Å². The molecule has 0 saturated carbocycles. The monoisotopic (exact) mass is 434 g/mol. The summed E-state index contributed by atoms with van der Waals surface area (Å²) in [6, 6.07) is 0. The molecule has 0 bridgehead atoms. The van der Waals surface area contributed by atoms with Crippen molar-refractivity contribution in [2.24, 2.45) is 10.8 Å². The van der Waals surface area contributed by atoms with E-state index in [2.05, 4.69) is 41.5 Å². The Labute approximate surface area is 156 Å². The van der Waals surface area contributed by atoms with Crippen molar-refractivity contribution >= 4 is 0 Å². The molecule has 2 nitrogen and oxygen atoms in total. The van der Waals surface area contributed by atoms with Crippen molar-refractivity contribution in [3.8, 4) is 0 Å². The van der Waals surface area contributed by atoms with Gasteiger partial charge in [0.1, 0.15) is 0 Å². The third kappa shape index (κ3) is 10.3. The van der Waals surface area contributed by atoms with Crippen LogP contribution < -0.4 is 46.3 Å². The van der Waals surface area contributed by atoms with Crippen LogP contribution in [0.3, 0.4) is 0 Å². The second-order valence-electron chi connectivity index (χ2n) is 5.97. The van der Waals surface area contributed by atoms with Crippen molar-refractivity contribution in [1.82, 2.24) is 12.3 Å². The van der Waals surface area contributed by atoms with E-state index in [0.717, 1.165) is 0 Å². The fourth-order valence-electron chi connectivity index (χ4n) is 3.40. The molecule has 0 unspecified atom stereocenters. The molecule has 0 aromatic rings. The molecule has 0 radical (unpaired) electrons. The van der Waals surface area contributed by atoms with Gasteiger partial charge in [-0.05, 0) is 23.7 Å². The van der Waals surface area contributed by atoms with Crippen LogP contribution in [0, 0.1) is 10.8 Å². The predicted octanol–water partition coefficient (Wildman–Crippen LogP) is 1.35. The molecule has 136 valence electrons. The summed E-state index contributed by atoms with van der Waals surface area (Å²) in [5.74, 6) is 0. The summed E-state index contributed by atoms with van der Waals surface area (Å²) >= 11 is 0. The van der Waals surface area contributed by atoms with E-state index >= 15 is 0 Å². The Hall–Kier alpha value is 0.880. The van der Waals surface area contributed by atoms with Crippen LogP contribution in [0.1, 0.15) is 99.3 Å². The fourth-order valence-corrected chi connectivity index (χ4v) is 3.40. The largest absolute Gasteiger partial charge is 1.00 e. The maximum absolute atomic E-state index is 2.37. The summed E-state index contributed by atoms with van der Waals surface area (Å²) in [5, 5.41) is 0. The Bertz CT molecular complexity index is 155. The first-order valence-corrected chi connectivity index (χ1v) is 8.07. The maximum Gasteiger partial charge on any atom is -0.0305 e. The lowest BCUT2D eigenvalue weighted by atomic mass is 9.71. The van der Waals surface area contributed by atoms with Gasteiger partial charge in [0.05, 0.1) is 0 Å². The Morgan fingerprint density at radius 1 is 0.476 bits per heavy atom. The predicted molar refractivity (Wildman–Crippen MR) is 92.4 cm³/mol. The summed E-state index contributed by atoms with van der Waals surface area (Å²) in [4.78, 5) is 0. The Kier molecular flexibility index (Phi) is 27.5. The molecule has 0 aromatic carbocycles. The highest BCUT2D eigenvalue weighted by Crippen LogP contribution is 2.41. The van der Waals surface area contributed by atoms with E-state index in [9.17, 15) is 0 Å². The molecule has 0 aliphatic rings. The minimum absolute atomic E-state index is 0. The van der Waals surface area contributed by atoms with Gasteiger partial charge in [-0.15, -0.1) is 0 Å². The van der Waals surface area contributed by atoms with Gasteiger partial charge >= 0.3 is 0 Å². The lowest BCUT2D eigenvalue weighted by molar-refractivity contribution is -0.001000. The minimum atomic E-state index is 0. The van der Waals surface area contributed by atoms with Crippen LogP contribution in [0.4, 0.5) is 0 Å². The molecule has 0 atom stereocenters. The van der Waals surface area contributed by atoms with E-state index in [1.54, 1.807) is 0 Å². The topological polar surface area (TPSA) is 73.0 Å². The third-order valence-corrected chi connectivity index (χ3v) is 5.91. The van der Waals surface area contributed by atoms with Gasteiger partial charge < -0.3 is 46.3 Å². The molecular formula is C17H44Br2N2. The maximum atomic E-state index is 2.37. The standard InChI is InChI=1S/C17H36.2BrH.2H3N/c1-7-16(8-2,9-3)14-13-15-17(10-4,11-5)12-6;;;;/h7-15H2,1-6H3;2*1H;2*1H3. The summed E-state index contributed by atoms with van der Waals surface area (Å²) in [7, 11) is 0. The summed E-state index contributed by atoms with van der Waals surface area (Å²) in [5.41, 5.74) is 1.28. The van der Waals surface area contributed by atoms with Crippen LogP contribution in [0.15, 0.2) is 0 Å². The molecule has 0 amide bonds. The quantitative estimate of drug-likeness (QED) is 0.519. The second-order valence-corrected chi connectivity index (χ2v) is 5.97. The molecule has 0 aliphatic carbocycles. The average molecular weight is 436 g/mol. The zero-order valence-corrected chi connectivity index (χ0v) is 19.3. The van der Waals surface area contributed by atoms with Gasteiger partial charge in [0.25, 0.3) is 0 Å². The lowest BCUT2D eigenvalue weighted by Crippen LogP contribution is -3.00. The Morgan fingerprint density at radius 2 is 0.667 bits per heavy atom. The highest BCUT2D eigenvalue weighted by atomic mass is 79.9. The first-order chi connectivity index (χ1) is 8.07. The van der Waals surface area contributed by atoms with E-state index in [4.69, 9.17) is 0 Å². The Balaban J connectivity index is -0.000000213. The zero-order chi connectivity index (χ0) is 13.4. The van der Waals surface area contributed by atoms with Crippen LogP contribution >= 0.6 is 0 Å². The van der Waals surface area contributed by atoms with Crippen molar-refractivity contribution < 1.29 is 34.0 Å². The molecule has 0 heterocycles. The number of rotatable bonds is 10. The average Bonchev–Trinajstić information content (AvgIpc) is 2.41. The number of hydrogen-bond donors (Lipinski definition) is 2. The van der Waals surface area contributed by atoms with Crippen LogP contribution in [0.5, 0.6) is 0 Å². The highest BCUT2D eigenvalue weighted by molar-refractivity contribution is 4.79. The molecule has 4 heteroatoms. The van der Waals surface area contributed by atoms with Gasteiger partial charge in [-0.25, -0.2) is 0 Å². The van der Waals surface area contributed by atoms with Crippen LogP contribution in [0.2, 0.25) is 0 Å². The summed E-state index contributed by atoms with van der Waals surface area (Å²) in [6.45, 7) is 14.2. The van der Waals surface area contributed by atoms with E-state index in [1.165, 1.54) is 57.8 Å². The normalized spacial score (nSPS) is 10.6. The van der Waals surface area contributed by atoms with Crippen LogP contribution in [0.25, 0.3) is 0 Å². The SMILES string of the molecule is CCC(CC)(CC)CCCC(CC)(CC)CC.[Br-].[Br-].[NH4+].[NH4+]. The Morgan fingerprint density at radius 3 is 0.810 bits per heavy atom. The number of hydrogen-bond acceptors (Lipinski definition) is 0. The van der Waals surface area contributed by atoms with Gasteiger partial charge in [-0.1, -0.05) is 86.5 Å². The molecular weight excluding hydrogens is 392 g/mol. The first-order valence-electron chi connectivity index (χ1n) is 8.07. The zero-order valence-electron chi connectivity index (χ0n) is 16.1. The highest BCUT2D eigenvalue weighted by Gasteiger charge is 2.27. The van der Waals surface area contributed by atoms with Gasteiger partial charge in [0.15, 0.2) is 0 Å². The van der Waals surface area contributed by atoms with E-state index < -0.39 is 0 Å². The molecule has 0 aromatic heterocycles. The van der Waals surface area contributed by atoms with Gasteiger partial charge in [-0.3, -0.25) is 0 Å². The molecule has 0 fully saturated rings. The van der Waals surface area contributed by atoms with E-state index in [0.29, 0.717) is 10.8 Å². The molecule has 0 aliphatic heterocycles. The number of halogens is 2. The van der Waals surface area contributed by atoms with Gasteiger partial charge in [0, 0.05) is 0 Å². The smallest absolute Gasteiger partial charge is 0.0305 e. The molecule has 0 rings (SSSR count). The molecule has 0 saturated heterocycles. The van der Waals surface area contributed by atoms with Gasteiger partial charge in [0.2, 0.25) is 0 Å². The van der Waals surface area contributed by atoms with Crippen molar-refractivity contribution in [3.63, 3.8) is 0 Å². The lowest BCUT2D eigenvalue weighted by Gasteiger charge is -2.34. The summed E-state index contributed by atoms with van der Waals surface area (Å²) < 4.78 is 0. The van der Waals surface area contributed by atoms with Crippen LogP contribution in [-0.4, -0.2) is 0 Å². The van der Waals surface area contributed by atoms with E-state index in [-0.39, 0.29) is 46.3 Å². The van der Waals surface area contributed by atoms with Gasteiger partial charge in [-0.2, -0.15) is 0 Å². The van der Waals surface area contributed by atoms with Crippen molar-refractivity contribution in [2.45, 2.75) is 99.3 Å². The second kappa shape index (κ2) is 17.2. The third-order valence-electron chi connectivity index (χ3n) is 5.91. The van der Waals surface area contributed by atoms with Crippen molar-refractivity contribution in [1.29, 1.82) is 0 Å². The molecule has 0 spiro atoms. The first kappa shape index (κ1) is 33.5.